The molecule has 29 heavy (non-hydrogen) atoms. The average molecular weight is 516 g/mol. The van der Waals surface area contributed by atoms with Gasteiger partial charge in [-0.15, -0.1) is 24.0 Å². The number of aliphatic hydroxyl groups is 1. The molecular weight excluding hydrogens is 479 g/mol. The van der Waals surface area contributed by atoms with E-state index in [1.54, 1.807) is 7.05 Å². The zero-order valence-electron chi connectivity index (χ0n) is 17.8. The number of ether oxygens (including phenoxy) is 1. The van der Waals surface area contributed by atoms with E-state index in [4.69, 9.17) is 4.74 Å². The molecule has 1 aromatic rings. The highest BCUT2D eigenvalue weighted by molar-refractivity contribution is 14.0. The first-order valence-corrected chi connectivity index (χ1v) is 10.6. The van der Waals surface area contributed by atoms with Crippen LogP contribution in [0.25, 0.3) is 0 Å². The Morgan fingerprint density at radius 1 is 1.24 bits per heavy atom. The van der Waals surface area contributed by atoms with Crippen LogP contribution in [0.15, 0.2) is 29.3 Å². The number of hydrogen-bond acceptors (Lipinski definition) is 4. The third-order valence-electron chi connectivity index (χ3n) is 6.23. The van der Waals surface area contributed by atoms with Crippen molar-refractivity contribution >= 4 is 35.6 Å². The summed E-state index contributed by atoms with van der Waals surface area (Å²) in [6.07, 6.45) is 4.31. The molecule has 3 rings (SSSR count). The summed E-state index contributed by atoms with van der Waals surface area (Å²) >= 11 is 0. The van der Waals surface area contributed by atoms with Crippen molar-refractivity contribution in [1.82, 2.24) is 10.6 Å². The number of guanidine groups is 1. The molecule has 0 saturated carbocycles. The number of halogens is 1. The van der Waals surface area contributed by atoms with E-state index in [0.29, 0.717) is 6.61 Å². The molecule has 164 valence electrons. The lowest BCUT2D eigenvalue weighted by atomic mass is 9.84. The molecule has 2 aliphatic rings. The van der Waals surface area contributed by atoms with Crippen LogP contribution in [0.1, 0.15) is 38.2 Å². The second kappa shape index (κ2) is 12.0. The second-order valence-corrected chi connectivity index (χ2v) is 8.39. The van der Waals surface area contributed by atoms with E-state index in [2.05, 4.69) is 51.7 Å². The third kappa shape index (κ3) is 7.00. The van der Waals surface area contributed by atoms with Crippen LogP contribution in [0.2, 0.25) is 0 Å². The van der Waals surface area contributed by atoms with Crippen LogP contribution in [0.4, 0.5) is 5.69 Å². The van der Waals surface area contributed by atoms with Crippen molar-refractivity contribution in [3.63, 3.8) is 0 Å². The van der Waals surface area contributed by atoms with Crippen molar-refractivity contribution in [2.24, 2.45) is 16.3 Å². The van der Waals surface area contributed by atoms with Gasteiger partial charge < -0.3 is 25.4 Å². The Morgan fingerprint density at radius 2 is 1.97 bits per heavy atom. The first kappa shape index (κ1) is 24.2. The van der Waals surface area contributed by atoms with Crippen molar-refractivity contribution in [2.45, 2.75) is 39.2 Å². The van der Waals surface area contributed by atoms with Crippen LogP contribution in [-0.4, -0.2) is 57.6 Å². The van der Waals surface area contributed by atoms with E-state index in [-0.39, 0.29) is 36.0 Å². The number of nitrogens with one attached hydrogen (secondary N) is 2. The van der Waals surface area contributed by atoms with E-state index in [1.807, 2.05) is 0 Å². The maximum absolute atomic E-state index is 9.36. The normalized spacial score (nSPS) is 23.0. The van der Waals surface area contributed by atoms with Gasteiger partial charge in [-0.2, -0.15) is 0 Å². The van der Waals surface area contributed by atoms with Gasteiger partial charge >= 0.3 is 0 Å². The molecule has 2 saturated heterocycles. The second-order valence-electron chi connectivity index (χ2n) is 8.39. The van der Waals surface area contributed by atoms with Crippen LogP contribution >= 0.6 is 24.0 Å². The fraction of sp³-hybridized carbons (Fsp3) is 0.682. The minimum atomic E-state index is 0. The number of rotatable bonds is 7. The highest BCUT2D eigenvalue weighted by atomic mass is 127. The SMILES string of the molecule is CN=C(NCc1ccc(N2CCC(C)CC2)cc1)NCC1(CCO)CCOC1.I. The third-order valence-corrected chi connectivity index (χ3v) is 6.23. The fourth-order valence-corrected chi connectivity index (χ4v) is 4.08. The minimum absolute atomic E-state index is 0. The molecule has 2 fully saturated rings. The summed E-state index contributed by atoms with van der Waals surface area (Å²) in [5.74, 6) is 1.64. The van der Waals surface area contributed by atoms with Crippen LogP contribution in [-0.2, 0) is 11.3 Å². The Balaban J connectivity index is 0.00000300. The van der Waals surface area contributed by atoms with Crippen molar-refractivity contribution in [2.75, 3.05) is 51.4 Å². The van der Waals surface area contributed by atoms with Gasteiger partial charge in [0.1, 0.15) is 0 Å². The molecule has 0 radical (unpaired) electrons. The molecule has 6 nitrogen and oxygen atoms in total. The molecule has 2 heterocycles. The molecule has 0 spiro atoms. The number of hydrogen-bond donors (Lipinski definition) is 3. The lowest BCUT2D eigenvalue weighted by Gasteiger charge is -2.32. The number of aliphatic imine (C=N–C) groups is 1. The Bertz CT molecular complexity index is 624. The maximum atomic E-state index is 9.36. The summed E-state index contributed by atoms with van der Waals surface area (Å²) in [7, 11) is 1.79. The standard InChI is InChI=1S/C22H36N4O2.HI/c1-18-7-11-26(12-8-18)20-5-3-19(4-6-20)15-24-21(23-2)25-16-22(9-13-27)10-14-28-17-22;/h3-6,18,27H,7-17H2,1-2H3,(H2,23,24,25);1H. The van der Waals surface area contributed by atoms with Gasteiger partial charge in [-0.1, -0.05) is 19.1 Å². The van der Waals surface area contributed by atoms with Crippen LogP contribution in [0.3, 0.4) is 0 Å². The summed E-state index contributed by atoms with van der Waals surface area (Å²) in [5.41, 5.74) is 2.58. The molecule has 0 amide bonds. The van der Waals surface area contributed by atoms with E-state index < -0.39 is 0 Å². The Hall–Kier alpha value is -1.06. The maximum Gasteiger partial charge on any atom is 0.191 e. The molecule has 0 aromatic heterocycles. The van der Waals surface area contributed by atoms with Crippen LogP contribution < -0.4 is 15.5 Å². The molecular formula is C22H37IN4O2. The Morgan fingerprint density at radius 3 is 2.55 bits per heavy atom. The zero-order chi connectivity index (χ0) is 19.8. The largest absolute Gasteiger partial charge is 0.396 e. The van der Waals surface area contributed by atoms with Gasteiger partial charge in [-0.25, -0.2) is 0 Å². The van der Waals surface area contributed by atoms with Gasteiger partial charge in [0.15, 0.2) is 5.96 Å². The van der Waals surface area contributed by atoms with Gasteiger partial charge in [-0.3, -0.25) is 4.99 Å². The van der Waals surface area contributed by atoms with E-state index >= 15 is 0 Å². The molecule has 2 aliphatic heterocycles. The average Bonchev–Trinajstić information content (AvgIpc) is 3.18. The lowest BCUT2D eigenvalue weighted by Crippen LogP contribution is -2.44. The summed E-state index contributed by atoms with van der Waals surface area (Å²) in [6.45, 7) is 7.84. The number of nitrogens with zero attached hydrogens (tertiary/aromatic N) is 2. The van der Waals surface area contributed by atoms with Crippen molar-refractivity contribution in [3.8, 4) is 0 Å². The van der Waals surface area contributed by atoms with E-state index in [9.17, 15) is 5.11 Å². The van der Waals surface area contributed by atoms with Crippen molar-refractivity contribution in [1.29, 1.82) is 0 Å². The van der Waals surface area contributed by atoms with E-state index in [0.717, 1.165) is 57.5 Å². The quantitative estimate of drug-likeness (QED) is 0.296. The summed E-state index contributed by atoms with van der Waals surface area (Å²) in [6, 6.07) is 8.86. The Labute approximate surface area is 192 Å². The van der Waals surface area contributed by atoms with Crippen LogP contribution in [0, 0.1) is 11.3 Å². The van der Waals surface area contributed by atoms with Gasteiger partial charge in [0, 0.05) is 57.5 Å². The first-order valence-electron chi connectivity index (χ1n) is 10.6. The molecule has 1 unspecified atom stereocenters. The van der Waals surface area contributed by atoms with Crippen molar-refractivity contribution < 1.29 is 9.84 Å². The molecule has 0 bridgehead atoms. The number of benzene rings is 1. The van der Waals surface area contributed by atoms with Crippen molar-refractivity contribution in [3.05, 3.63) is 29.8 Å². The van der Waals surface area contributed by atoms with Crippen LogP contribution in [0.5, 0.6) is 0 Å². The topological polar surface area (TPSA) is 69.1 Å². The monoisotopic (exact) mass is 516 g/mol. The summed E-state index contributed by atoms with van der Waals surface area (Å²) < 4.78 is 5.56. The van der Waals surface area contributed by atoms with Gasteiger partial charge in [0.05, 0.1) is 6.61 Å². The molecule has 1 atom stereocenters. The predicted molar refractivity (Wildman–Crippen MR) is 130 cm³/mol. The first-order chi connectivity index (χ1) is 13.6. The van der Waals surface area contributed by atoms with Gasteiger partial charge in [0.25, 0.3) is 0 Å². The molecule has 7 heteroatoms. The zero-order valence-corrected chi connectivity index (χ0v) is 20.2. The predicted octanol–water partition coefficient (Wildman–Crippen LogP) is 3.00. The highest BCUT2D eigenvalue weighted by Gasteiger charge is 2.34. The fourth-order valence-electron chi connectivity index (χ4n) is 4.08. The molecule has 0 aliphatic carbocycles. The number of piperidine rings is 1. The van der Waals surface area contributed by atoms with Gasteiger partial charge in [0.2, 0.25) is 0 Å². The Kier molecular flexibility index (Phi) is 9.98. The summed E-state index contributed by atoms with van der Waals surface area (Å²) in [5, 5.41) is 16.2. The molecule has 1 aromatic carbocycles. The molecule has 3 N–H and O–H groups in total. The lowest BCUT2D eigenvalue weighted by molar-refractivity contribution is 0.127. The highest BCUT2D eigenvalue weighted by Crippen LogP contribution is 2.31. The number of aliphatic hydroxyl groups excluding tert-OH is 1. The minimum Gasteiger partial charge on any atom is -0.396 e. The van der Waals surface area contributed by atoms with Gasteiger partial charge in [-0.05, 0) is 49.3 Å². The smallest absolute Gasteiger partial charge is 0.191 e. The summed E-state index contributed by atoms with van der Waals surface area (Å²) in [4.78, 5) is 6.82. The number of anilines is 1. The van der Waals surface area contributed by atoms with E-state index in [1.165, 1.54) is 24.1 Å².